The number of nitriles is 1. The van der Waals surface area contributed by atoms with Gasteiger partial charge in [0.25, 0.3) is 5.56 Å². The molecule has 4 aromatic rings. The van der Waals surface area contributed by atoms with Gasteiger partial charge >= 0.3 is 0 Å². The highest BCUT2D eigenvalue weighted by molar-refractivity contribution is 5.71. The number of hydrogen-bond donors (Lipinski definition) is 0. The summed E-state index contributed by atoms with van der Waals surface area (Å²) in [6.45, 7) is 4.48. The third-order valence-electron chi connectivity index (χ3n) is 6.48. The van der Waals surface area contributed by atoms with Crippen LogP contribution in [0.4, 0.5) is 0 Å². The Labute approximate surface area is 212 Å². The molecule has 182 valence electrons. The minimum atomic E-state index is -0.0185. The molecule has 0 aliphatic rings. The van der Waals surface area contributed by atoms with Gasteiger partial charge in [0, 0.05) is 12.0 Å². The number of unbranched alkanes of at least 4 members (excludes halogenated alkanes) is 1. The third kappa shape index (κ3) is 5.55. The maximum atomic E-state index is 13.8. The molecule has 4 rings (SSSR count). The van der Waals surface area contributed by atoms with Crippen molar-refractivity contribution in [2.45, 2.75) is 46.1 Å². The van der Waals surface area contributed by atoms with Crippen LogP contribution in [0.5, 0.6) is 5.75 Å². The molecule has 0 amide bonds. The molecular weight excluding hydrogens is 446 g/mol. The van der Waals surface area contributed by atoms with Crippen LogP contribution in [0.3, 0.4) is 0 Å². The molecule has 0 aliphatic heterocycles. The van der Waals surface area contributed by atoms with Crippen molar-refractivity contribution in [3.63, 3.8) is 0 Å². The highest BCUT2D eigenvalue weighted by atomic mass is 16.5. The fourth-order valence-corrected chi connectivity index (χ4v) is 4.45. The van der Waals surface area contributed by atoms with E-state index in [0.29, 0.717) is 29.9 Å². The fraction of sp³-hybridized carbons (Fsp3) is 0.258. The van der Waals surface area contributed by atoms with E-state index >= 15 is 0 Å². The Bertz CT molecular complexity index is 1430. The normalized spacial score (nSPS) is 10.7. The molecule has 5 heteroatoms. The predicted molar refractivity (Wildman–Crippen MR) is 143 cm³/mol. The first-order chi connectivity index (χ1) is 17.5. The minimum absolute atomic E-state index is 0.0185. The second-order valence-corrected chi connectivity index (χ2v) is 8.96. The number of hydrogen-bond acceptors (Lipinski definition) is 4. The fourth-order valence-electron chi connectivity index (χ4n) is 4.45. The average molecular weight is 478 g/mol. The Hall–Kier alpha value is -4.17. The molecule has 36 heavy (non-hydrogen) atoms. The molecule has 3 aromatic carbocycles. The zero-order valence-electron chi connectivity index (χ0n) is 21.1. The summed E-state index contributed by atoms with van der Waals surface area (Å²) in [5.41, 5.74) is 5.99. The van der Waals surface area contributed by atoms with Gasteiger partial charge in [0.15, 0.2) is 0 Å². The van der Waals surface area contributed by atoms with Crippen LogP contribution in [0.1, 0.15) is 53.5 Å². The smallest absolute Gasteiger partial charge is 0.257 e. The molecule has 0 bridgehead atoms. The van der Waals surface area contributed by atoms with Crippen LogP contribution in [0.15, 0.2) is 77.6 Å². The summed E-state index contributed by atoms with van der Waals surface area (Å²) in [7, 11) is 1.64. The molecular formula is C31H31N3O2. The van der Waals surface area contributed by atoms with Crippen LogP contribution < -0.4 is 10.3 Å². The molecule has 0 fully saturated rings. The van der Waals surface area contributed by atoms with Gasteiger partial charge in [0.2, 0.25) is 0 Å². The van der Waals surface area contributed by atoms with Crippen molar-refractivity contribution in [1.29, 1.82) is 5.26 Å². The zero-order chi connectivity index (χ0) is 25.5. The molecule has 0 N–H and O–H groups in total. The molecule has 0 saturated heterocycles. The number of ether oxygens (including phenoxy) is 1. The monoisotopic (exact) mass is 477 g/mol. The van der Waals surface area contributed by atoms with E-state index < -0.39 is 0 Å². The van der Waals surface area contributed by atoms with Crippen LogP contribution in [-0.4, -0.2) is 16.7 Å². The van der Waals surface area contributed by atoms with Crippen LogP contribution in [0.25, 0.3) is 11.1 Å². The number of rotatable bonds is 9. The van der Waals surface area contributed by atoms with Crippen LogP contribution in [-0.2, 0) is 19.4 Å². The highest BCUT2D eigenvalue weighted by Gasteiger charge is 2.17. The lowest BCUT2D eigenvalue weighted by atomic mass is 9.95. The predicted octanol–water partition coefficient (Wildman–Crippen LogP) is 6.08. The molecule has 0 atom stereocenters. The van der Waals surface area contributed by atoms with E-state index in [1.165, 1.54) is 0 Å². The number of benzene rings is 3. The topological polar surface area (TPSA) is 67.9 Å². The summed E-state index contributed by atoms with van der Waals surface area (Å²) in [6.07, 6.45) is 3.20. The lowest BCUT2D eigenvalue weighted by Gasteiger charge is -2.16. The van der Waals surface area contributed by atoms with E-state index in [4.69, 9.17) is 9.72 Å². The molecule has 0 radical (unpaired) electrons. The minimum Gasteiger partial charge on any atom is -0.497 e. The Morgan fingerprint density at radius 1 is 1.00 bits per heavy atom. The first kappa shape index (κ1) is 24.9. The van der Waals surface area contributed by atoms with E-state index in [-0.39, 0.29) is 5.56 Å². The Morgan fingerprint density at radius 2 is 1.72 bits per heavy atom. The van der Waals surface area contributed by atoms with Crippen molar-refractivity contribution < 1.29 is 4.74 Å². The Balaban J connectivity index is 1.72. The summed E-state index contributed by atoms with van der Waals surface area (Å²) in [4.78, 5) is 18.7. The molecule has 0 aliphatic carbocycles. The van der Waals surface area contributed by atoms with Crippen molar-refractivity contribution in [2.75, 3.05) is 7.11 Å². The van der Waals surface area contributed by atoms with Crippen LogP contribution >= 0.6 is 0 Å². The van der Waals surface area contributed by atoms with Crippen molar-refractivity contribution in [1.82, 2.24) is 9.55 Å². The molecule has 0 unspecified atom stereocenters. The van der Waals surface area contributed by atoms with Gasteiger partial charge in [-0.1, -0.05) is 67.9 Å². The van der Waals surface area contributed by atoms with Gasteiger partial charge in [-0.25, -0.2) is 4.98 Å². The Morgan fingerprint density at radius 3 is 2.39 bits per heavy atom. The van der Waals surface area contributed by atoms with Crippen LogP contribution in [0, 0.1) is 18.3 Å². The molecule has 1 aromatic heterocycles. The second kappa shape index (κ2) is 11.5. The van der Waals surface area contributed by atoms with Crippen molar-refractivity contribution in [2.24, 2.45) is 0 Å². The van der Waals surface area contributed by atoms with Gasteiger partial charge < -0.3 is 4.74 Å². The Kier molecular flexibility index (Phi) is 7.97. The third-order valence-corrected chi connectivity index (χ3v) is 6.48. The number of aromatic nitrogens is 2. The molecule has 0 spiro atoms. The first-order valence-electron chi connectivity index (χ1n) is 12.3. The highest BCUT2D eigenvalue weighted by Crippen LogP contribution is 2.25. The lowest BCUT2D eigenvalue weighted by Crippen LogP contribution is -2.30. The summed E-state index contributed by atoms with van der Waals surface area (Å²) in [5.74, 6) is 1.49. The van der Waals surface area contributed by atoms with Crippen molar-refractivity contribution in [3.05, 3.63) is 117 Å². The van der Waals surface area contributed by atoms with E-state index in [2.05, 4.69) is 13.0 Å². The van der Waals surface area contributed by atoms with Gasteiger partial charge in [0.1, 0.15) is 11.6 Å². The van der Waals surface area contributed by atoms with Gasteiger partial charge in [-0.15, -0.1) is 0 Å². The van der Waals surface area contributed by atoms with Gasteiger partial charge in [0.05, 0.1) is 31.0 Å². The summed E-state index contributed by atoms with van der Waals surface area (Å²) in [6, 6.07) is 25.9. The van der Waals surface area contributed by atoms with E-state index in [0.717, 1.165) is 53.0 Å². The summed E-state index contributed by atoms with van der Waals surface area (Å²) < 4.78 is 7.00. The second-order valence-electron chi connectivity index (χ2n) is 8.96. The average Bonchev–Trinajstić information content (AvgIpc) is 2.92. The first-order valence-corrected chi connectivity index (χ1v) is 12.3. The SMILES string of the molecule is CCCCc1nc(C)n(Cc2ccc(OC)cc2)c(=O)c1Cc1ccc(-c2ccccc2)c(C#N)c1. The van der Waals surface area contributed by atoms with E-state index in [1.54, 1.807) is 11.7 Å². The van der Waals surface area contributed by atoms with Gasteiger partial charge in [-0.3, -0.25) is 9.36 Å². The summed E-state index contributed by atoms with van der Waals surface area (Å²) >= 11 is 0. The zero-order valence-corrected chi connectivity index (χ0v) is 21.1. The molecule has 5 nitrogen and oxygen atoms in total. The maximum Gasteiger partial charge on any atom is 0.257 e. The number of aryl methyl sites for hydroxylation is 2. The molecule has 0 saturated carbocycles. The van der Waals surface area contributed by atoms with E-state index in [9.17, 15) is 10.1 Å². The maximum absolute atomic E-state index is 13.8. The van der Waals surface area contributed by atoms with Crippen LogP contribution in [0.2, 0.25) is 0 Å². The van der Waals surface area contributed by atoms with E-state index in [1.807, 2.05) is 79.7 Å². The van der Waals surface area contributed by atoms with Crippen molar-refractivity contribution >= 4 is 0 Å². The van der Waals surface area contributed by atoms with Gasteiger partial charge in [-0.2, -0.15) is 5.26 Å². The van der Waals surface area contributed by atoms with Gasteiger partial charge in [-0.05, 0) is 60.2 Å². The number of nitrogens with zero attached hydrogens (tertiary/aromatic N) is 3. The van der Waals surface area contributed by atoms with Crippen molar-refractivity contribution in [3.8, 4) is 22.9 Å². The molecule has 1 heterocycles. The quantitative estimate of drug-likeness (QED) is 0.293. The largest absolute Gasteiger partial charge is 0.497 e. The summed E-state index contributed by atoms with van der Waals surface area (Å²) in [5, 5.41) is 9.84. The number of methoxy groups -OCH3 is 1. The standard InChI is InChI=1S/C31H31N3O2/c1-4-5-11-30-29(19-24-14-17-28(26(18-24)20-32)25-9-7-6-8-10-25)31(35)34(22(2)33-30)21-23-12-15-27(36-3)16-13-23/h6-10,12-18H,4-5,11,19,21H2,1-3H3. The lowest BCUT2D eigenvalue weighted by molar-refractivity contribution is 0.414.